The molecular formula is C12H11N3OS2. The van der Waals surface area contributed by atoms with Crippen LogP contribution < -0.4 is 11.1 Å². The SMILES string of the molecule is Cc1csc(Sc2cc3c(cc2N)CC(=O)N3)n1. The van der Waals surface area contributed by atoms with Gasteiger partial charge in [-0.2, -0.15) is 0 Å². The molecular weight excluding hydrogens is 266 g/mol. The summed E-state index contributed by atoms with van der Waals surface area (Å²) in [6, 6.07) is 3.80. The van der Waals surface area contributed by atoms with E-state index in [4.69, 9.17) is 5.73 Å². The summed E-state index contributed by atoms with van der Waals surface area (Å²) < 4.78 is 0.962. The second-order valence-corrected chi connectivity index (χ2v) is 6.28. The Morgan fingerprint density at radius 3 is 3.06 bits per heavy atom. The smallest absolute Gasteiger partial charge is 0.228 e. The molecule has 92 valence electrons. The molecule has 0 radical (unpaired) electrons. The van der Waals surface area contributed by atoms with Gasteiger partial charge in [0.05, 0.1) is 6.42 Å². The van der Waals surface area contributed by atoms with Crippen LogP contribution in [0.15, 0.2) is 26.7 Å². The average Bonchev–Trinajstić information content (AvgIpc) is 2.85. The maximum absolute atomic E-state index is 11.3. The molecule has 0 fully saturated rings. The Labute approximate surface area is 113 Å². The quantitative estimate of drug-likeness (QED) is 0.828. The van der Waals surface area contributed by atoms with Gasteiger partial charge in [-0.15, -0.1) is 11.3 Å². The van der Waals surface area contributed by atoms with Crippen molar-refractivity contribution in [1.82, 2.24) is 4.98 Å². The highest BCUT2D eigenvalue weighted by Crippen LogP contribution is 2.38. The average molecular weight is 277 g/mol. The number of nitrogen functional groups attached to an aromatic ring is 1. The fourth-order valence-corrected chi connectivity index (χ4v) is 3.69. The van der Waals surface area contributed by atoms with Crippen LogP contribution in [-0.4, -0.2) is 10.9 Å². The van der Waals surface area contributed by atoms with Crippen molar-refractivity contribution in [3.8, 4) is 0 Å². The Bertz CT molecular complexity index is 636. The number of hydrogen-bond donors (Lipinski definition) is 2. The highest BCUT2D eigenvalue weighted by atomic mass is 32.2. The maximum Gasteiger partial charge on any atom is 0.228 e. The number of carbonyl (C=O) groups excluding carboxylic acids is 1. The van der Waals surface area contributed by atoms with E-state index in [1.807, 2.05) is 24.4 Å². The van der Waals surface area contributed by atoms with Gasteiger partial charge < -0.3 is 11.1 Å². The van der Waals surface area contributed by atoms with Crippen LogP contribution >= 0.6 is 23.1 Å². The topological polar surface area (TPSA) is 68.0 Å². The zero-order chi connectivity index (χ0) is 12.7. The van der Waals surface area contributed by atoms with Gasteiger partial charge in [0.25, 0.3) is 0 Å². The molecule has 0 atom stereocenters. The number of benzene rings is 1. The van der Waals surface area contributed by atoms with E-state index in [1.165, 1.54) is 11.8 Å². The van der Waals surface area contributed by atoms with Crippen LogP contribution in [0, 0.1) is 6.92 Å². The van der Waals surface area contributed by atoms with Crippen molar-refractivity contribution in [3.63, 3.8) is 0 Å². The van der Waals surface area contributed by atoms with E-state index in [0.29, 0.717) is 12.1 Å². The van der Waals surface area contributed by atoms with Crippen LogP contribution in [0.3, 0.4) is 0 Å². The second-order valence-electron chi connectivity index (χ2n) is 4.13. The predicted octanol–water partition coefficient (Wildman–Crippen LogP) is 2.68. The fraction of sp³-hybridized carbons (Fsp3) is 0.167. The number of hydrogen-bond acceptors (Lipinski definition) is 5. The number of nitrogens with zero attached hydrogens (tertiary/aromatic N) is 1. The van der Waals surface area contributed by atoms with E-state index in [9.17, 15) is 4.79 Å². The lowest BCUT2D eigenvalue weighted by Crippen LogP contribution is -2.03. The summed E-state index contributed by atoms with van der Waals surface area (Å²) in [4.78, 5) is 16.6. The summed E-state index contributed by atoms with van der Waals surface area (Å²) in [7, 11) is 0. The normalized spacial score (nSPS) is 13.5. The molecule has 2 aromatic rings. The Kier molecular flexibility index (Phi) is 2.76. The summed E-state index contributed by atoms with van der Waals surface area (Å²) in [6.45, 7) is 1.97. The molecule has 3 rings (SSSR count). The van der Waals surface area contributed by atoms with Crippen molar-refractivity contribution in [1.29, 1.82) is 0 Å². The first-order chi connectivity index (χ1) is 8.61. The third kappa shape index (κ3) is 2.09. The van der Waals surface area contributed by atoms with Crippen LogP contribution in [-0.2, 0) is 11.2 Å². The van der Waals surface area contributed by atoms with E-state index >= 15 is 0 Å². The minimum absolute atomic E-state index is 0.0247. The minimum atomic E-state index is 0.0247. The van der Waals surface area contributed by atoms with Crippen LogP contribution in [0.25, 0.3) is 0 Å². The van der Waals surface area contributed by atoms with Gasteiger partial charge in [-0.1, -0.05) is 11.8 Å². The maximum atomic E-state index is 11.3. The number of nitrogens with one attached hydrogen (secondary N) is 1. The number of amides is 1. The van der Waals surface area contributed by atoms with Gasteiger partial charge >= 0.3 is 0 Å². The third-order valence-electron chi connectivity index (χ3n) is 2.66. The highest BCUT2D eigenvalue weighted by Gasteiger charge is 2.19. The minimum Gasteiger partial charge on any atom is -0.398 e. The number of fused-ring (bicyclic) bond motifs is 1. The van der Waals surface area contributed by atoms with E-state index in [-0.39, 0.29) is 5.91 Å². The zero-order valence-electron chi connectivity index (χ0n) is 9.69. The molecule has 4 nitrogen and oxygen atoms in total. The van der Waals surface area contributed by atoms with Crippen molar-refractivity contribution in [2.24, 2.45) is 0 Å². The fourth-order valence-electron chi connectivity index (χ4n) is 1.84. The van der Waals surface area contributed by atoms with Crippen LogP contribution in [0.4, 0.5) is 11.4 Å². The molecule has 18 heavy (non-hydrogen) atoms. The van der Waals surface area contributed by atoms with E-state index < -0.39 is 0 Å². The molecule has 6 heteroatoms. The summed E-state index contributed by atoms with van der Waals surface area (Å²) in [5.74, 6) is 0.0247. The van der Waals surface area contributed by atoms with Gasteiger partial charge in [-0.05, 0) is 24.6 Å². The number of anilines is 2. The van der Waals surface area contributed by atoms with Gasteiger partial charge in [-0.25, -0.2) is 4.98 Å². The Hall–Kier alpha value is -1.53. The predicted molar refractivity (Wildman–Crippen MR) is 74.2 cm³/mol. The van der Waals surface area contributed by atoms with E-state index in [2.05, 4.69) is 10.3 Å². The first-order valence-electron chi connectivity index (χ1n) is 5.44. The zero-order valence-corrected chi connectivity index (χ0v) is 11.3. The number of aryl methyl sites for hydroxylation is 1. The first kappa shape index (κ1) is 11.6. The Balaban J connectivity index is 1.93. The molecule has 1 aromatic heterocycles. The summed E-state index contributed by atoms with van der Waals surface area (Å²) >= 11 is 3.13. The highest BCUT2D eigenvalue weighted by molar-refractivity contribution is 8.01. The van der Waals surface area contributed by atoms with E-state index in [1.54, 1.807) is 11.3 Å². The second kappa shape index (κ2) is 4.29. The van der Waals surface area contributed by atoms with Crippen molar-refractivity contribution in [3.05, 3.63) is 28.8 Å². The monoisotopic (exact) mass is 277 g/mol. The van der Waals surface area contributed by atoms with Gasteiger partial charge in [0.1, 0.15) is 0 Å². The van der Waals surface area contributed by atoms with Crippen molar-refractivity contribution in [2.45, 2.75) is 22.6 Å². The summed E-state index contributed by atoms with van der Waals surface area (Å²) in [5, 5.41) is 4.84. The summed E-state index contributed by atoms with van der Waals surface area (Å²) in [5.41, 5.74) is 9.55. The largest absolute Gasteiger partial charge is 0.398 e. The lowest BCUT2D eigenvalue weighted by molar-refractivity contribution is -0.115. The molecule has 1 amide bonds. The molecule has 1 aromatic carbocycles. The molecule has 0 aliphatic carbocycles. The molecule has 0 saturated carbocycles. The van der Waals surface area contributed by atoms with Crippen molar-refractivity contribution < 1.29 is 4.79 Å². The molecule has 0 unspecified atom stereocenters. The number of aromatic nitrogens is 1. The van der Waals surface area contributed by atoms with Crippen LogP contribution in [0.2, 0.25) is 0 Å². The van der Waals surface area contributed by atoms with Gasteiger partial charge in [0.2, 0.25) is 5.91 Å². The van der Waals surface area contributed by atoms with Crippen molar-refractivity contribution >= 4 is 40.4 Å². The lowest BCUT2D eigenvalue weighted by atomic mass is 10.1. The molecule has 3 N–H and O–H groups in total. The number of carbonyl (C=O) groups is 1. The Morgan fingerprint density at radius 2 is 2.33 bits per heavy atom. The molecule has 0 saturated heterocycles. The standard InChI is InChI=1S/C12H11N3OS2/c1-6-5-17-12(14-6)18-10-4-9-7(2-8(10)13)3-11(16)15-9/h2,4-5H,3,13H2,1H3,(H,15,16). The number of thiazole rings is 1. The molecule has 0 bridgehead atoms. The van der Waals surface area contributed by atoms with Gasteiger partial charge in [-0.3, -0.25) is 4.79 Å². The third-order valence-corrected chi connectivity index (χ3v) is 4.79. The van der Waals surface area contributed by atoms with Crippen LogP contribution in [0.5, 0.6) is 0 Å². The first-order valence-corrected chi connectivity index (χ1v) is 7.13. The van der Waals surface area contributed by atoms with E-state index in [0.717, 1.165) is 26.2 Å². The van der Waals surface area contributed by atoms with Gasteiger partial charge in [0, 0.05) is 27.3 Å². The van der Waals surface area contributed by atoms with Crippen molar-refractivity contribution in [2.75, 3.05) is 11.1 Å². The summed E-state index contributed by atoms with van der Waals surface area (Å²) in [6.07, 6.45) is 0.418. The molecule has 0 spiro atoms. The van der Waals surface area contributed by atoms with Crippen LogP contribution in [0.1, 0.15) is 11.3 Å². The molecule has 2 heterocycles. The lowest BCUT2D eigenvalue weighted by Gasteiger charge is -2.06. The molecule has 1 aliphatic rings. The molecule has 1 aliphatic heterocycles. The Morgan fingerprint density at radius 1 is 1.50 bits per heavy atom. The number of rotatable bonds is 2. The number of nitrogens with two attached hydrogens (primary N) is 1. The van der Waals surface area contributed by atoms with Gasteiger partial charge in [0.15, 0.2) is 4.34 Å².